The van der Waals surface area contributed by atoms with Gasteiger partial charge in [0.2, 0.25) is 15.8 Å². The van der Waals surface area contributed by atoms with Gasteiger partial charge in [0, 0.05) is 13.1 Å². The van der Waals surface area contributed by atoms with E-state index in [9.17, 15) is 18.0 Å². The fourth-order valence-corrected chi connectivity index (χ4v) is 4.90. The highest BCUT2D eigenvalue weighted by molar-refractivity contribution is 7.89. The van der Waals surface area contributed by atoms with Crippen LogP contribution >= 0.6 is 0 Å². The van der Waals surface area contributed by atoms with E-state index in [2.05, 4.69) is 4.74 Å². The van der Waals surface area contributed by atoms with Crippen molar-refractivity contribution in [1.82, 2.24) is 4.31 Å². The van der Waals surface area contributed by atoms with Crippen LogP contribution in [0.25, 0.3) is 0 Å². The Balaban J connectivity index is 1.74. The number of nitrogens with zero attached hydrogens (tertiary/aromatic N) is 1. The van der Waals surface area contributed by atoms with Gasteiger partial charge in [-0.2, -0.15) is 4.31 Å². The molecule has 156 valence electrons. The Morgan fingerprint density at radius 2 is 1.79 bits per heavy atom. The summed E-state index contributed by atoms with van der Waals surface area (Å²) in [7, 11) is -2.44. The number of carbonyl (C=O) groups is 2. The molecular formula is C20H23NO7S. The number of piperidine rings is 1. The van der Waals surface area contributed by atoms with Crippen molar-refractivity contribution >= 4 is 22.0 Å². The zero-order chi connectivity index (χ0) is 21.0. The number of benzene rings is 1. The van der Waals surface area contributed by atoms with E-state index in [4.69, 9.17) is 9.15 Å². The van der Waals surface area contributed by atoms with Crippen LogP contribution in [0.2, 0.25) is 0 Å². The average molecular weight is 421 g/mol. The first-order valence-corrected chi connectivity index (χ1v) is 10.7. The van der Waals surface area contributed by atoms with Crippen LogP contribution in [-0.2, 0) is 26.1 Å². The average Bonchev–Trinajstić information content (AvgIpc) is 3.21. The van der Waals surface area contributed by atoms with E-state index < -0.39 is 22.0 Å². The summed E-state index contributed by atoms with van der Waals surface area (Å²) in [5, 5.41) is 0. The molecule has 0 saturated carbocycles. The molecule has 0 unspecified atom stereocenters. The molecule has 2 aromatic rings. The number of hydrogen-bond donors (Lipinski definition) is 0. The van der Waals surface area contributed by atoms with Crippen molar-refractivity contribution in [1.29, 1.82) is 0 Å². The minimum Gasteiger partial charge on any atom is -0.463 e. The topological polar surface area (TPSA) is 103 Å². The van der Waals surface area contributed by atoms with Gasteiger partial charge in [0.25, 0.3) is 0 Å². The first-order valence-electron chi connectivity index (χ1n) is 9.28. The molecule has 1 aromatic carbocycles. The summed E-state index contributed by atoms with van der Waals surface area (Å²) in [4.78, 5) is 23.9. The summed E-state index contributed by atoms with van der Waals surface area (Å²) in [5.74, 6) is -1.04. The Bertz CT molecular complexity index is 1000. The van der Waals surface area contributed by atoms with Gasteiger partial charge >= 0.3 is 11.9 Å². The second-order valence-corrected chi connectivity index (χ2v) is 8.69. The number of sulfonamides is 1. The molecule has 8 nitrogen and oxygen atoms in total. The maximum Gasteiger partial charge on any atom is 0.373 e. The van der Waals surface area contributed by atoms with Gasteiger partial charge in [0.1, 0.15) is 12.4 Å². The molecule has 1 aliphatic heterocycles. The number of carbonyl (C=O) groups excluding carboxylic acids is 2. The maximum absolute atomic E-state index is 13.0. The van der Waals surface area contributed by atoms with Crippen LogP contribution in [0.15, 0.2) is 39.6 Å². The van der Waals surface area contributed by atoms with Gasteiger partial charge < -0.3 is 13.9 Å². The third-order valence-electron chi connectivity index (χ3n) is 4.75. The van der Waals surface area contributed by atoms with Gasteiger partial charge in [-0.1, -0.05) is 12.5 Å². The van der Waals surface area contributed by atoms with E-state index >= 15 is 0 Å². The first kappa shape index (κ1) is 21.1. The van der Waals surface area contributed by atoms with E-state index in [-0.39, 0.29) is 28.6 Å². The molecule has 0 spiro atoms. The first-order chi connectivity index (χ1) is 13.8. The van der Waals surface area contributed by atoms with E-state index in [1.54, 1.807) is 13.0 Å². The fourth-order valence-electron chi connectivity index (χ4n) is 3.14. The quantitative estimate of drug-likeness (QED) is 0.661. The molecule has 0 N–H and O–H groups in total. The minimum atomic E-state index is -3.67. The van der Waals surface area contributed by atoms with E-state index in [1.807, 2.05) is 0 Å². The highest BCUT2D eigenvalue weighted by Crippen LogP contribution is 2.25. The zero-order valence-electron chi connectivity index (χ0n) is 16.3. The molecule has 0 atom stereocenters. The molecule has 29 heavy (non-hydrogen) atoms. The molecule has 9 heteroatoms. The number of furan rings is 1. The van der Waals surface area contributed by atoms with Crippen molar-refractivity contribution in [3.8, 4) is 0 Å². The van der Waals surface area contributed by atoms with Crippen LogP contribution in [0.4, 0.5) is 0 Å². The van der Waals surface area contributed by atoms with Crippen molar-refractivity contribution < 1.29 is 31.9 Å². The standard InChI is InChI=1S/C20H23NO7S/c1-14-6-7-15(12-18(14)29(24,25)21-10-4-3-5-11-21)19(22)27-13-16-8-9-17(28-16)20(23)26-2/h6-9,12H,3-5,10-11,13H2,1-2H3. The molecule has 0 amide bonds. The Kier molecular flexibility index (Phi) is 6.39. The number of esters is 2. The normalized spacial score (nSPS) is 15.1. The molecule has 1 aromatic heterocycles. The van der Waals surface area contributed by atoms with Crippen LogP contribution in [0.1, 0.15) is 51.5 Å². The lowest BCUT2D eigenvalue weighted by Gasteiger charge is -2.26. The summed E-state index contributed by atoms with van der Waals surface area (Å²) >= 11 is 0. The molecule has 0 radical (unpaired) electrons. The lowest BCUT2D eigenvalue weighted by atomic mass is 10.1. The summed E-state index contributed by atoms with van der Waals surface area (Å²) in [6.45, 7) is 2.47. The molecule has 2 heterocycles. The third kappa shape index (κ3) is 4.68. The number of hydrogen-bond acceptors (Lipinski definition) is 7. The lowest BCUT2D eigenvalue weighted by Crippen LogP contribution is -2.36. The number of ether oxygens (including phenoxy) is 2. The SMILES string of the molecule is COC(=O)c1ccc(COC(=O)c2ccc(C)c(S(=O)(=O)N3CCCCC3)c2)o1. The lowest BCUT2D eigenvalue weighted by molar-refractivity contribution is 0.0438. The molecular weight excluding hydrogens is 398 g/mol. The minimum absolute atomic E-state index is 0.00351. The van der Waals surface area contributed by atoms with E-state index in [0.29, 0.717) is 18.7 Å². The maximum atomic E-state index is 13.0. The molecule has 0 bridgehead atoms. The van der Waals surface area contributed by atoms with Crippen molar-refractivity contribution in [2.75, 3.05) is 20.2 Å². The van der Waals surface area contributed by atoms with Crippen molar-refractivity contribution in [3.63, 3.8) is 0 Å². The summed E-state index contributed by atoms with van der Waals surface area (Å²) in [6, 6.07) is 7.39. The fraction of sp³-hybridized carbons (Fsp3) is 0.400. The Morgan fingerprint density at radius 1 is 1.07 bits per heavy atom. The Hall–Kier alpha value is -2.65. The molecule has 3 rings (SSSR count). The van der Waals surface area contributed by atoms with Crippen molar-refractivity contribution in [3.05, 3.63) is 53.0 Å². The summed E-state index contributed by atoms with van der Waals surface area (Å²) in [6.07, 6.45) is 2.68. The third-order valence-corrected chi connectivity index (χ3v) is 6.79. The van der Waals surface area contributed by atoms with Gasteiger partial charge in [-0.15, -0.1) is 0 Å². The van der Waals surface area contributed by atoms with Crippen LogP contribution in [0.3, 0.4) is 0 Å². The van der Waals surface area contributed by atoms with Crippen LogP contribution in [-0.4, -0.2) is 44.9 Å². The van der Waals surface area contributed by atoms with Gasteiger partial charge in [-0.3, -0.25) is 0 Å². The molecule has 1 aliphatic rings. The van der Waals surface area contributed by atoms with Crippen LogP contribution in [0.5, 0.6) is 0 Å². The van der Waals surface area contributed by atoms with Gasteiger partial charge in [0.15, 0.2) is 0 Å². The second kappa shape index (κ2) is 8.79. The highest BCUT2D eigenvalue weighted by Gasteiger charge is 2.28. The smallest absolute Gasteiger partial charge is 0.373 e. The second-order valence-electron chi connectivity index (χ2n) is 6.78. The van der Waals surface area contributed by atoms with Crippen molar-refractivity contribution in [2.45, 2.75) is 37.7 Å². The summed E-state index contributed by atoms with van der Waals surface area (Å²) < 4.78 is 42.4. The number of methoxy groups -OCH3 is 1. The monoisotopic (exact) mass is 421 g/mol. The number of aryl methyl sites for hydroxylation is 1. The zero-order valence-corrected chi connectivity index (χ0v) is 17.2. The molecule has 1 fully saturated rings. The van der Waals surface area contributed by atoms with E-state index in [1.165, 1.54) is 35.7 Å². The Morgan fingerprint density at radius 3 is 2.48 bits per heavy atom. The highest BCUT2D eigenvalue weighted by atomic mass is 32.2. The number of rotatable bonds is 6. The largest absolute Gasteiger partial charge is 0.463 e. The molecule has 0 aliphatic carbocycles. The van der Waals surface area contributed by atoms with Gasteiger partial charge in [-0.05, 0) is 49.6 Å². The predicted octanol–water partition coefficient (Wildman–Crippen LogP) is 2.91. The summed E-state index contributed by atoms with van der Waals surface area (Å²) in [5.41, 5.74) is 0.701. The van der Waals surface area contributed by atoms with Gasteiger partial charge in [-0.25, -0.2) is 18.0 Å². The van der Waals surface area contributed by atoms with Crippen molar-refractivity contribution in [2.24, 2.45) is 0 Å². The van der Waals surface area contributed by atoms with E-state index in [0.717, 1.165) is 19.3 Å². The predicted molar refractivity (Wildman–Crippen MR) is 103 cm³/mol. The molecule has 1 saturated heterocycles. The Labute approximate surface area is 169 Å². The van der Waals surface area contributed by atoms with Crippen LogP contribution in [0, 0.1) is 6.92 Å². The van der Waals surface area contributed by atoms with Crippen LogP contribution < -0.4 is 0 Å². The van der Waals surface area contributed by atoms with Gasteiger partial charge in [0.05, 0.1) is 17.6 Å².